The minimum absolute atomic E-state index is 0.0584. The van der Waals surface area contributed by atoms with Crippen molar-refractivity contribution in [1.82, 2.24) is 14.5 Å². The minimum atomic E-state index is -3.58. The van der Waals surface area contributed by atoms with E-state index in [0.717, 1.165) is 0 Å². The second-order valence-corrected chi connectivity index (χ2v) is 5.55. The van der Waals surface area contributed by atoms with Gasteiger partial charge in [-0.2, -0.15) is 9.40 Å². The number of amidine groups is 1. The van der Waals surface area contributed by atoms with Gasteiger partial charge in [0.2, 0.25) is 10.0 Å². The van der Waals surface area contributed by atoms with Crippen molar-refractivity contribution in [3.8, 4) is 0 Å². The molecule has 1 aliphatic rings. The molecule has 0 aromatic carbocycles. The van der Waals surface area contributed by atoms with Crippen LogP contribution in [0.15, 0.2) is 17.3 Å². The quantitative estimate of drug-likeness (QED) is 0.461. The van der Waals surface area contributed by atoms with Crippen LogP contribution in [0.2, 0.25) is 0 Å². The molecule has 94 valence electrons. The van der Waals surface area contributed by atoms with Crippen LogP contribution in [-0.2, 0) is 14.8 Å². The Labute approximate surface area is 98.3 Å². The predicted octanol–water partition coefficient (Wildman–Crippen LogP) is -1.26. The van der Waals surface area contributed by atoms with Gasteiger partial charge in [-0.15, -0.1) is 0 Å². The lowest BCUT2D eigenvalue weighted by atomic mass is 10.3. The van der Waals surface area contributed by atoms with Crippen molar-refractivity contribution in [2.45, 2.75) is 11.0 Å². The fraction of sp³-hybridized carbons (Fsp3) is 0.500. The van der Waals surface area contributed by atoms with Gasteiger partial charge in [0.25, 0.3) is 0 Å². The normalized spacial score (nSPS) is 22.5. The molecule has 4 N–H and O–H groups in total. The Balaban J connectivity index is 2.20. The Morgan fingerprint density at radius 3 is 3.06 bits per heavy atom. The van der Waals surface area contributed by atoms with E-state index >= 15 is 0 Å². The summed E-state index contributed by atoms with van der Waals surface area (Å²) in [5.41, 5.74) is 5.31. The maximum Gasteiger partial charge on any atom is 0.246 e. The Bertz CT molecular complexity index is 497. The summed E-state index contributed by atoms with van der Waals surface area (Å²) < 4.78 is 30.7. The maximum atomic E-state index is 12.1. The number of H-pyrrole nitrogens is 1. The summed E-state index contributed by atoms with van der Waals surface area (Å²) in [5.74, 6) is -0.169. The molecule has 1 aromatic heterocycles. The van der Waals surface area contributed by atoms with Crippen molar-refractivity contribution in [2.24, 2.45) is 5.73 Å². The number of aromatic nitrogens is 2. The lowest BCUT2D eigenvalue weighted by molar-refractivity contribution is 0.0368. The summed E-state index contributed by atoms with van der Waals surface area (Å²) >= 11 is 0. The van der Waals surface area contributed by atoms with Gasteiger partial charge in [-0.3, -0.25) is 10.5 Å². The smallest absolute Gasteiger partial charge is 0.246 e. The first-order valence-corrected chi connectivity index (χ1v) is 6.40. The zero-order valence-corrected chi connectivity index (χ0v) is 9.77. The number of nitrogens with one attached hydrogen (secondary N) is 2. The van der Waals surface area contributed by atoms with E-state index < -0.39 is 16.1 Å². The minimum Gasteiger partial charge on any atom is -0.385 e. The number of nitrogens with zero attached hydrogens (tertiary/aromatic N) is 2. The topological polar surface area (TPSA) is 125 Å². The highest BCUT2D eigenvalue weighted by Gasteiger charge is 2.32. The Hall–Kier alpha value is -1.45. The van der Waals surface area contributed by atoms with Crippen LogP contribution in [0.1, 0.15) is 0 Å². The fourth-order valence-corrected chi connectivity index (χ4v) is 2.89. The fourth-order valence-electron chi connectivity index (χ4n) is 1.56. The van der Waals surface area contributed by atoms with Crippen LogP contribution >= 0.6 is 0 Å². The molecule has 2 rings (SSSR count). The molecule has 1 saturated heterocycles. The number of hydrogen-bond acceptors (Lipinski definition) is 5. The highest BCUT2D eigenvalue weighted by atomic mass is 32.2. The van der Waals surface area contributed by atoms with Crippen LogP contribution in [0.4, 0.5) is 0 Å². The standard InChI is InChI=1S/C8H13N5O3S/c9-8(10)7-5-13(1-2-16-7)17(14,15)6-3-11-12-4-6/h3-4,7H,1-2,5H2,(H3,9,10)(H,11,12). The molecule has 1 atom stereocenters. The summed E-state index contributed by atoms with van der Waals surface area (Å²) in [6.45, 7) is 0.529. The van der Waals surface area contributed by atoms with Gasteiger partial charge < -0.3 is 10.5 Å². The van der Waals surface area contributed by atoms with Crippen LogP contribution in [0.5, 0.6) is 0 Å². The van der Waals surface area contributed by atoms with Crippen LogP contribution in [-0.4, -0.2) is 54.6 Å². The number of rotatable bonds is 3. The van der Waals surface area contributed by atoms with Gasteiger partial charge in [-0.1, -0.05) is 0 Å². The highest BCUT2D eigenvalue weighted by molar-refractivity contribution is 7.89. The summed E-state index contributed by atoms with van der Waals surface area (Å²) in [5, 5.41) is 13.3. The van der Waals surface area contributed by atoms with E-state index in [1.54, 1.807) is 0 Å². The van der Waals surface area contributed by atoms with Crippen LogP contribution in [0.3, 0.4) is 0 Å². The average molecular weight is 259 g/mol. The summed E-state index contributed by atoms with van der Waals surface area (Å²) in [6, 6.07) is 0. The third kappa shape index (κ3) is 2.30. The SMILES string of the molecule is N=C(N)C1CN(S(=O)(=O)c2cn[nH]c2)CCO1. The van der Waals surface area contributed by atoms with Crippen molar-refractivity contribution in [3.63, 3.8) is 0 Å². The van der Waals surface area contributed by atoms with Gasteiger partial charge in [0.15, 0.2) is 0 Å². The van der Waals surface area contributed by atoms with Crippen molar-refractivity contribution in [2.75, 3.05) is 19.7 Å². The van der Waals surface area contributed by atoms with Gasteiger partial charge in [-0.25, -0.2) is 8.42 Å². The van der Waals surface area contributed by atoms with Crippen molar-refractivity contribution < 1.29 is 13.2 Å². The predicted molar refractivity (Wildman–Crippen MR) is 59.0 cm³/mol. The van der Waals surface area contributed by atoms with Gasteiger partial charge in [0.1, 0.15) is 16.8 Å². The maximum absolute atomic E-state index is 12.1. The molecule has 0 amide bonds. The third-order valence-electron chi connectivity index (χ3n) is 2.49. The number of aromatic amines is 1. The number of ether oxygens (including phenoxy) is 1. The van der Waals surface area contributed by atoms with E-state index in [1.807, 2.05) is 0 Å². The highest BCUT2D eigenvalue weighted by Crippen LogP contribution is 2.17. The molecule has 8 nitrogen and oxygen atoms in total. The first-order chi connectivity index (χ1) is 8.01. The van der Waals surface area contributed by atoms with Crippen molar-refractivity contribution >= 4 is 15.9 Å². The zero-order valence-electron chi connectivity index (χ0n) is 8.96. The molecule has 9 heteroatoms. The number of hydrogen-bond donors (Lipinski definition) is 3. The van der Waals surface area contributed by atoms with Crippen LogP contribution < -0.4 is 5.73 Å². The second kappa shape index (κ2) is 4.43. The molecular weight excluding hydrogens is 246 g/mol. The first kappa shape index (κ1) is 12.0. The number of nitrogens with two attached hydrogens (primary N) is 1. The summed E-state index contributed by atoms with van der Waals surface area (Å²) in [7, 11) is -3.58. The largest absolute Gasteiger partial charge is 0.385 e. The molecule has 0 bridgehead atoms. The van der Waals surface area contributed by atoms with E-state index in [1.165, 1.54) is 16.7 Å². The molecular formula is C8H13N5O3S. The van der Waals surface area contributed by atoms with E-state index in [4.69, 9.17) is 15.9 Å². The van der Waals surface area contributed by atoms with E-state index in [0.29, 0.717) is 0 Å². The third-order valence-corrected chi connectivity index (χ3v) is 4.32. The van der Waals surface area contributed by atoms with E-state index in [9.17, 15) is 8.42 Å². The summed E-state index contributed by atoms with van der Waals surface area (Å²) in [6.07, 6.45) is 1.88. The number of morpholine rings is 1. The molecule has 0 spiro atoms. The van der Waals surface area contributed by atoms with Gasteiger partial charge >= 0.3 is 0 Å². The molecule has 1 aromatic rings. The average Bonchev–Trinajstić information content (AvgIpc) is 2.83. The Morgan fingerprint density at radius 2 is 2.47 bits per heavy atom. The van der Waals surface area contributed by atoms with Crippen molar-refractivity contribution in [1.29, 1.82) is 5.41 Å². The second-order valence-electron chi connectivity index (χ2n) is 3.61. The molecule has 17 heavy (non-hydrogen) atoms. The van der Waals surface area contributed by atoms with Crippen LogP contribution in [0.25, 0.3) is 0 Å². The van der Waals surface area contributed by atoms with Gasteiger partial charge in [0, 0.05) is 19.3 Å². The molecule has 1 unspecified atom stereocenters. The van der Waals surface area contributed by atoms with E-state index in [-0.39, 0.29) is 30.4 Å². The van der Waals surface area contributed by atoms with Gasteiger partial charge in [0.05, 0.1) is 12.8 Å². The molecule has 0 saturated carbocycles. The lowest BCUT2D eigenvalue weighted by Gasteiger charge is -2.30. The first-order valence-electron chi connectivity index (χ1n) is 4.96. The number of sulfonamides is 1. The molecule has 1 fully saturated rings. The monoisotopic (exact) mass is 259 g/mol. The lowest BCUT2D eigenvalue weighted by Crippen LogP contribution is -2.50. The van der Waals surface area contributed by atoms with Crippen LogP contribution in [0, 0.1) is 5.41 Å². The Kier molecular flexibility index (Phi) is 3.13. The molecule has 0 aliphatic carbocycles. The molecule has 1 aliphatic heterocycles. The van der Waals surface area contributed by atoms with E-state index in [2.05, 4.69) is 10.2 Å². The Morgan fingerprint density at radius 1 is 1.71 bits per heavy atom. The molecule has 0 radical (unpaired) electrons. The van der Waals surface area contributed by atoms with Gasteiger partial charge in [-0.05, 0) is 0 Å². The summed E-state index contributed by atoms with van der Waals surface area (Å²) in [4.78, 5) is 0.0988. The zero-order chi connectivity index (χ0) is 12.5. The van der Waals surface area contributed by atoms with Crippen molar-refractivity contribution in [3.05, 3.63) is 12.4 Å². The molecule has 2 heterocycles.